The maximum atomic E-state index is 12.9. The molecular formula is C20H24N2O2. The SMILES string of the molecule is CCCCNc1cc2c3c(cccc3c1)C(=O)N(CCCC)C2=O. The van der Waals surface area contributed by atoms with Gasteiger partial charge in [-0.25, -0.2) is 0 Å². The number of carbonyl (C=O) groups excluding carboxylic acids is 2. The molecule has 0 aromatic heterocycles. The quantitative estimate of drug-likeness (QED) is 0.605. The lowest BCUT2D eigenvalue weighted by molar-refractivity contribution is 0.0608. The molecule has 0 saturated heterocycles. The molecule has 2 aromatic rings. The molecule has 1 aliphatic rings. The van der Waals surface area contributed by atoms with E-state index in [1.54, 1.807) is 0 Å². The van der Waals surface area contributed by atoms with Crippen molar-refractivity contribution in [1.29, 1.82) is 0 Å². The maximum absolute atomic E-state index is 12.9. The van der Waals surface area contributed by atoms with Crippen LogP contribution in [0.2, 0.25) is 0 Å². The number of hydrogen-bond donors (Lipinski definition) is 1. The Morgan fingerprint density at radius 1 is 0.958 bits per heavy atom. The smallest absolute Gasteiger partial charge is 0.261 e. The van der Waals surface area contributed by atoms with E-state index in [0.29, 0.717) is 17.7 Å². The van der Waals surface area contributed by atoms with E-state index in [0.717, 1.165) is 48.7 Å². The summed E-state index contributed by atoms with van der Waals surface area (Å²) in [5.41, 5.74) is 2.22. The van der Waals surface area contributed by atoms with Crippen molar-refractivity contribution in [2.75, 3.05) is 18.4 Å². The fourth-order valence-electron chi connectivity index (χ4n) is 3.19. The Morgan fingerprint density at radius 2 is 1.71 bits per heavy atom. The molecule has 0 atom stereocenters. The second kappa shape index (κ2) is 7.04. The highest BCUT2D eigenvalue weighted by Gasteiger charge is 2.32. The number of imide groups is 1. The van der Waals surface area contributed by atoms with Crippen molar-refractivity contribution in [2.24, 2.45) is 0 Å². The second-order valence-electron chi connectivity index (χ2n) is 6.32. The second-order valence-corrected chi connectivity index (χ2v) is 6.32. The van der Waals surface area contributed by atoms with Crippen molar-refractivity contribution >= 4 is 28.3 Å². The van der Waals surface area contributed by atoms with E-state index in [1.807, 2.05) is 30.3 Å². The fraction of sp³-hybridized carbons (Fsp3) is 0.400. The van der Waals surface area contributed by atoms with Crippen LogP contribution in [0.5, 0.6) is 0 Å². The molecule has 1 aliphatic heterocycles. The number of benzene rings is 2. The molecule has 1 heterocycles. The first-order chi connectivity index (χ1) is 11.7. The first-order valence-electron chi connectivity index (χ1n) is 8.84. The van der Waals surface area contributed by atoms with Gasteiger partial charge in [-0.05, 0) is 36.4 Å². The lowest BCUT2D eigenvalue weighted by atomic mass is 9.93. The highest BCUT2D eigenvalue weighted by Crippen LogP contribution is 2.32. The molecule has 126 valence electrons. The van der Waals surface area contributed by atoms with Gasteiger partial charge in [0, 0.05) is 29.7 Å². The van der Waals surface area contributed by atoms with E-state index in [9.17, 15) is 9.59 Å². The molecule has 4 nitrogen and oxygen atoms in total. The van der Waals surface area contributed by atoms with Crippen molar-refractivity contribution in [3.8, 4) is 0 Å². The molecule has 0 aliphatic carbocycles. The summed E-state index contributed by atoms with van der Waals surface area (Å²) < 4.78 is 0. The summed E-state index contributed by atoms with van der Waals surface area (Å²) in [6, 6.07) is 9.61. The van der Waals surface area contributed by atoms with Gasteiger partial charge >= 0.3 is 0 Å². The predicted molar refractivity (Wildman–Crippen MR) is 97.6 cm³/mol. The van der Waals surface area contributed by atoms with E-state index in [-0.39, 0.29) is 11.8 Å². The first kappa shape index (κ1) is 16.5. The standard InChI is InChI=1S/C20H24N2O2/c1-3-5-10-21-15-12-14-8-7-9-16-18(14)17(13-15)20(24)22(19(16)23)11-6-4-2/h7-9,12-13,21H,3-6,10-11H2,1-2H3. The molecule has 0 bridgehead atoms. The van der Waals surface area contributed by atoms with Gasteiger partial charge in [-0.15, -0.1) is 0 Å². The number of nitrogens with zero attached hydrogens (tertiary/aromatic N) is 1. The molecule has 0 spiro atoms. The Bertz CT molecular complexity index is 783. The molecule has 4 heteroatoms. The molecule has 0 radical (unpaired) electrons. The molecule has 3 rings (SSSR count). The average Bonchev–Trinajstić information content (AvgIpc) is 2.59. The minimum absolute atomic E-state index is 0.168. The molecule has 0 unspecified atom stereocenters. The summed E-state index contributed by atoms with van der Waals surface area (Å²) in [5, 5.41) is 5.13. The summed E-state index contributed by atoms with van der Waals surface area (Å²) in [4.78, 5) is 27.0. The number of nitrogens with one attached hydrogen (secondary N) is 1. The lowest BCUT2D eigenvalue weighted by Crippen LogP contribution is -2.40. The largest absolute Gasteiger partial charge is 0.385 e. The average molecular weight is 324 g/mol. The molecule has 24 heavy (non-hydrogen) atoms. The zero-order valence-corrected chi connectivity index (χ0v) is 14.4. The monoisotopic (exact) mass is 324 g/mol. The zero-order valence-electron chi connectivity index (χ0n) is 14.4. The van der Waals surface area contributed by atoms with Gasteiger partial charge in [-0.1, -0.05) is 38.8 Å². The number of amides is 2. The molecular weight excluding hydrogens is 300 g/mol. The first-order valence-corrected chi connectivity index (χ1v) is 8.84. The van der Waals surface area contributed by atoms with Crippen LogP contribution in [0.3, 0.4) is 0 Å². The molecule has 2 aromatic carbocycles. The van der Waals surface area contributed by atoms with Crippen LogP contribution in [0.25, 0.3) is 10.8 Å². The number of rotatable bonds is 7. The molecule has 2 amide bonds. The third kappa shape index (κ3) is 2.88. The van der Waals surface area contributed by atoms with Crippen molar-refractivity contribution in [3.05, 3.63) is 41.5 Å². The highest BCUT2D eigenvalue weighted by atomic mass is 16.2. The highest BCUT2D eigenvalue weighted by molar-refractivity contribution is 6.25. The number of carbonyl (C=O) groups is 2. The van der Waals surface area contributed by atoms with Gasteiger partial charge < -0.3 is 5.32 Å². The third-order valence-corrected chi connectivity index (χ3v) is 4.52. The van der Waals surface area contributed by atoms with E-state index >= 15 is 0 Å². The summed E-state index contributed by atoms with van der Waals surface area (Å²) >= 11 is 0. The Kier molecular flexibility index (Phi) is 4.84. The molecule has 0 fully saturated rings. The number of anilines is 1. The van der Waals surface area contributed by atoms with Crippen molar-refractivity contribution in [3.63, 3.8) is 0 Å². The van der Waals surface area contributed by atoms with Crippen LogP contribution in [0.4, 0.5) is 5.69 Å². The Morgan fingerprint density at radius 3 is 2.46 bits per heavy atom. The third-order valence-electron chi connectivity index (χ3n) is 4.52. The lowest BCUT2D eigenvalue weighted by Gasteiger charge is -2.27. The van der Waals surface area contributed by atoms with E-state index in [2.05, 4.69) is 19.2 Å². The van der Waals surface area contributed by atoms with Gasteiger partial charge in [0.05, 0.1) is 5.56 Å². The van der Waals surface area contributed by atoms with Gasteiger partial charge in [-0.2, -0.15) is 0 Å². The van der Waals surface area contributed by atoms with Crippen molar-refractivity contribution < 1.29 is 9.59 Å². The van der Waals surface area contributed by atoms with Gasteiger partial charge in [0.15, 0.2) is 0 Å². The minimum atomic E-state index is -0.170. The van der Waals surface area contributed by atoms with Crippen LogP contribution in [-0.2, 0) is 0 Å². The number of unbranched alkanes of at least 4 members (excludes halogenated alkanes) is 2. The van der Waals surface area contributed by atoms with Gasteiger partial charge in [-0.3, -0.25) is 14.5 Å². The summed E-state index contributed by atoms with van der Waals surface area (Å²) in [6.07, 6.45) is 3.99. The molecule has 0 saturated carbocycles. The van der Waals surface area contributed by atoms with Crippen molar-refractivity contribution in [1.82, 2.24) is 4.90 Å². The topological polar surface area (TPSA) is 49.4 Å². The van der Waals surface area contributed by atoms with Crippen LogP contribution in [0, 0.1) is 0 Å². The maximum Gasteiger partial charge on any atom is 0.261 e. The van der Waals surface area contributed by atoms with Crippen LogP contribution in [0.15, 0.2) is 30.3 Å². The van der Waals surface area contributed by atoms with Gasteiger partial charge in [0.2, 0.25) is 0 Å². The minimum Gasteiger partial charge on any atom is -0.385 e. The summed E-state index contributed by atoms with van der Waals surface area (Å²) in [5.74, 6) is -0.338. The number of hydrogen-bond acceptors (Lipinski definition) is 3. The van der Waals surface area contributed by atoms with Gasteiger partial charge in [0.1, 0.15) is 0 Å². The van der Waals surface area contributed by atoms with Crippen LogP contribution < -0.4 is 5.32 Å². The summed E-state index contributed by atoms with van der Waals surface area (Å²) in [7, 11) is 0. The van der Waals surface area contributed by atoms with E-state index in [4.69, 9.17) is 0 Å². The summed E-state index contributed by atoms with van der Waals surface area (Å²) in [6.45, 7) is 5.58. The normalized spacial score (nSPS) is 13.7. The Hall–Kier alpha value is -2.36. The van der Waals surface area contributed by atoms with Crippen LogP contribution in [-0.4, -0.2) is 29.8 Å². The van der Waals surface area contributed by atoms with Crippen LogP contribution >= 0.6 is 0 Å². The Labute approximate surface area is 142 Å². The van der Waals surface area contributed by atoms with E-state index in [1.165, 1.54) is 4.90 Å². The predicted octanol–water partition coefficient (Wildman–Crippen LogP) is 4.45. The van der Waals surface area contributed by atoms with E-state index < -0.39 is 0 Å². The zero-order chi connectivity index (χ0) is 17.1. The van der Waals surface area contributed by atoms with Crippen LogP contribution in [0.1, 0.15) is 60.2 Å². The fourth-order valence-corrected chi connectivity index (χ4v) is 3.19. The van der Waals surface area contributed by atoms with Gasteiger partial charge in [0.25, 0.3) is 11.8 Å². The molecule has 1 N–H and O–H groups in total. The van der Waals surface area contributed by atoms with Crippen molar-refractivity contribution in [2.45, 2.75) is 39.5 Å². The Balaban J connectivity index is 2.06.